The van der Waals surface area contributed by atoms with Gasteiger partial charge in [0.15, 0.2) is 11.5 Å². The van der Waals surface area contributed by atoms with E-state index in [1.165, 1.54) is 7.11 Å². The number of rotatable bonds is 3. The van der Waals surface area contributed by atoms with Gasteiger partial charge in [0, 0.05) is 11.1 Å². The highest BCUT2D eigenvalue weighted by molar-refractivity contribution is 5.85. The van der Waals surface area contributed by atoms with Crippen LogP contribution in [0.4, 0.5) is 0 Å². The smallest absolute Gasteiger partial charge is 0.169 e. The second-order valence-corrected chi connectivity index (χ2v) is 5.59. The fourth-order valence-corrected chi connectivity index (χ4v) is 2.82. The van der Waals surface area contributed by atoms with E-state index in [9.17, 15) is 15.3 Å². The minimum atomic E-state index is 0.0388. The molecule has 0 saturated carbocycles. The van der Waals surface area contributed by atoms with Gasteiger partial charge in [-0.05, 0) is 53.9 Å². The molecule has 4 heteroatoms. The number of phenolic OH excluding ortho intramolecular Hbond substituents is 3. The van der Waals surface area contributed by atoms with Gasteiger partial charge in [-0.25, -0.2) is 0 Å². The molecular weight excluding hydrogens is 304 g/mol. The number of methoxy groups -OCH3 is 1. The average molecular weight is 322 g/mol. The Morgan fingerprint density at radius 1 is 0.750 bits per heavy atom. The quantitative estimate of drug-likeness (QED) is 0.666. The third kappa shape index (κ3) is 2.74. The summed E-state index contributed by atoms with van der Waals surface area (Å²) >= 11 is 0. The van der Waals surface area contributed by atoms with E-state index >= 15 is 0 Å². The van der Waals surface area contributed by atoms with Crippen molar-refractivity contribution in [2.24, 2.45) is 0 Å². The van der Waals surface area contributed by atoms with Crippen LogP contribution >= 0.6 is 0 Å². The van der Waals surface area contributed by atoms with Crippen LogP contribution in [-0.2, 0) is 0 Å². The van der Waals surface area contributed by atoms with Gasteiger partial charge in [0.05, 0.1) is 7.11 Å². The zero-order valence-corrected chi connectivity index (χ0v) is 13.4. The Hall–Kier alpha value is -3.14. The number of phenols is 3. The van der Waals surface area contributed by atoms with Crippen LogP contribution in [-0.4, -0.2) is 22.4 Å². The Kier molecular flexibility index (Phi) is 4.04. The third-order valence-corrected chi connectivity index (χ3v) is 3.99. The molecular formula is C20H18O4. The summed E-state index contributed by atoms with van der Waals surface area (Å²) < 4.78 is 5.47. The van der Waals surface area contributed by atoms with Crippen LogP contribution in [0.1, 0.15) is 5.56 Å². The largest absolute Gasteiger partial charge is 0.508 e. The lowest BCUT2D eigenvalue weighted by Gasteiger charge is -2.17. The van der Waals surface area contributed by atoms with Crippen molar-refractivity contribution < 1.29 is 20.1 Å². The molecule has 0 saturated heterocycles. The van der Waals surface area contributed by atoms with Gasteiger partial charge in [0.25, 0.3) is 0 Å². The third-order valence-electron chi connectivity index (χ3n) is 3.99. The van der Waals surface area contributed by atoms with Crippen molar-refractivity contribution in [2.45, 2.75) is 6.92 Å². The van der Waals surface area contributed by atoms with E-state index in [4.69, 9.17) is 4.74 Å². The monoisotopic (exact) mass is 322 g/mol. The molecule has 0 heterocycles. The molecule has 0 amide bonds. The Morgan fingerprint density at radius 2 is 1.25 bits per heavy atom. The summed E-state index contributed by atoms with van der Waals surface area (Å²) in [6.45, 7) is 1.94. The summed E-state index contributed by atoms with van der Waals surface area (Å²) in [5.74, 6) is 0.767. The van der Waals surface area contributed by atoms with E-state index < -0.39 is 0 Å². The number of aryl methyl sites for hydroxylation is 1. The molecule has 0 atom stereocenters. The molecule has 0 fully saturated rings. The van der Waals surface area contributed by atoms with Crippen LogP contribution in [0, 0.1) is 6.92 Å². The molecule has 24 heavy (non-hydrogen) atoms. The average Bonchev–Trinajstić information content (AvgIpc) is 2.58. The van der Waals surface area contributed by atoms with Crippen LogP contribution in [0.3, 0.4) is 0 Å². The Labute approximate surface area is 140 Å². The van der Waals surface area contributed by atoms with Crippen LogP contribution < -0.4 is 4.74 Å². The van der Waals surface area contributed by atoms with Crippen molar-refractivity contribution in [3.8, 4) is 45.3 Å². The second kappa shape index (κ2) is 6.16. The summed E-state index contributed by atoms with van der Waals surface area (Å²) in [5, 5.41) is 29.6. The van der Waals surface area contributed by atoms with Gasteiger partial charge in [-0.2, -0.15) is 0 Å². The van der Waals surface area contributed by atoms with Gasteiger partial charge in [-0.1, -0.05) is 24.3 Å². The van der Waals surface area contributed by atoms with E-state index in [1.54, 1.807) is 48.5 Å². The SMILES string of the molecule is COc1c(O)c(-c2ccc(O)cc2)cc(C)c1-c1ccc(O)cc1. The molecule has 0 aromatic heterocycles. The highest BCUT2D eigenvalue weighted by Gasteiger charge is 2.19. The predicted octanol–water partition coefficient (Wildman–Crippen LogP) is 4.45. The van der Waals surface area contributed by atoms with Crippen LogP contribution in [0.15, 0.2) is 54.6 Å². The second-order valence-electron chi connectivity index (χ2n) is 5.59. The minimum absolute atomic E-state index is 0.0388. The molecule has 3 aromatic carbocycles. The summed E-state index contributed by atoms with van der Waals surface area (Å²) in [6, 6.07) is 15.3. The molecule has 0 aliphatic heterocycles. The maximum atomic E-state index is 10.7. The topological polar surface area (TPSA) is 69.9 Å². The van der Waals surface area contributed by atoms with Crippen molar-refractivity contribution in [1.29, 1.82) is 0 Å². The van der Waals surface area contributed by atoms with Gasteiger partial charge in [-0.15, -0.1) is 0 Å². The Balaban J connectivity index is 2.21. The maximum absolute atomic E-state index is 10.7. The van der Waals surface area contributed by atoms with Gasteiger partial charge in [0.1, 0.15) is 11.5 Å². The lowest BCUT2D eigenvalue weighted by molar-refractivity contribution is 0.375. The summed E-state index contributed by atoms with van der Waals surface area (Å²) in [7, 11) is 1.51. The molecule has 0 aliphatic carbocycles. The van der Waals surface area contributed by atoms with E-state index in [0.717, 1.165) is 22.3 Å². The molecule has 3 aromatic rings. The standard InChI is InChI=1S/C20H18O4/c1-12-11-17(13-3-7-15(21)8-4-13)19(23)20(24-2)18(12)14-5-9-16(22)10-6-14/h3-11,21-23H,1-2H3. The van der Waals surface area contributed by atoms with Crippen LogP contribution in [0.5, 0.6) is 23.0 Å². The molecule has 3 rings (SSSR count). The molecule has 122 valence electrons. The Bertz CT molecular complexity index is 866. The van der Waals surface area contributed by atoms with Crippen LogP contribution in [0.25, 0.3) is 22.3 Å². The van der Waals surface area contributed by atoms with Crippen LogP contribution in [0.2, 0.25) is 0 Å². The summed E-state index contributed by atoms with van der Waals surface area (Å²) in [4.78, 5) is 0. The van der Waals surface area contributed by atoms with Crippen molar-refractivity contribution in [3.05, 3.63) is 60.2 Å². The van der Waals surface area contributed by atoms with E-state index in [0.29, 0.717) is 11.3 Å². The Morgan fingerprint density at radius 3 is 1.75 bits per heavy atom. The molecule has 0 radical (unpaired) electrons. The van der Waals surface area contributed by atoms with Gasteiger partial charge < -0.3 is 20.1 Å². The fraction of sp³-hybridized carbons (Fsp3) is 0.100. The first-order valence-electron chi connectivity index (χ1n) is 7.50. The summed E-state index contributed by atoms with van der Waals surface area (Å²) in [5.41, 5.74) is 3.96. The highest BCUT2D eigenvalue weighted by Crippen LogP contribution is 2.46. The van der Waals surface area contributed by atoms with E-state index in [-0.39, 0.29) is 17.2 Å². The van der Waals surface area contributed by atoms with E-state index in [2.05, 4.69) is 0 Å². The fourth-order valence-electron chi connectivity index (χ4n) is 2.82. The summed E-state index contributed by atoms with van der Waals surface area (Å²) in [6.07, 6.45) is 0. The van der Waals surface area contributed by atoms with Gasteiger partial charge >= 0.3 is 0 Å². The van der Waals surface area contributed by atoms with Gasteiger partial charge in [-0.3, -0.25) is 0 Å². The zero-order valence-electron chi connectivity index (χ0n) is 13.4. The molecule has 0 unspecified atom stereocenters. The predicted molar refractivity (Wildman–Crippen MR) is 93.6 cm³/mol. The highest BCUT2D eigenvalue weighted by atomic mass is 16.5. The number of hydrogen-bond donors (Lipinski definition) is 3. The van der Waals surface area contributed by atoms with E-state index in [1.807, 2.05) is 13.0 Å². The van der Waals surface area contributed by atoms with Crippen molar-refractivity contribution in [2.75, 3.05) is 7.11 Å². The normalized spacial score (nSPS) is 10.6. The first-order valence-corrected chi connectivity index (χ1v) is 7.50. The lowest BCUT2D eigenvalue weighted by Crippen LogP contribution is -1.94. The first kappa shape index (κ1) is 15.7. The number of hydrogen-bond acceptors (Lipinski definition) is 4. The molecule has 3 N–H and O–H groups in total. The number of ether oxygens (including phenoxy) is 1. The molecule has 4 nitrogen and oxygen atoms in total. The lowest BCUT2D eigenvalue weighted by atomic mass is 9.93. The maximum Gasteiger partial charge on any atom is 0.169 e. The van der Waals surface area contributed by atoms with Gasteiger partial charge in [0.2, 0.25) is 0 Å². The molecule has 0 bridgehead atoms. The van der Waals surface area contributed by atoms with Crippen molar-refractivity contribution in [1.82, 2.24) is 0 Å². The zero-order chi connectivity index (χ0) is 17.3. The first-order chi connectivity index (χ1) is 11.5. The molecule has 0 spiro atoms. The number of aromatic hydroxyl groups is 3. The number of benzene rings is 3. The van der Waals surface area contributed by atoms with Crippen molar-refractivity contribution in [3.63, 3.8) is 0 Å². The minimum Gasteiger partial charge on any atom is -0.508 e. The molecule has 0 aliphatic rings. The van der Waals surface area contributed by atoms with Crippen molar-refractivity contribution >= 4 is 0 Å².